The SMILES string of the molecule is CCOC(=O)c1c(N)cccc1I. The van der Waals surface area contributed by atoms with E-state index in [2.05, 4.69) is 22.6 Å². The van der Waals surface area contributed by atoms with Crippen LogP contribution in [0.5, 0.6) is 0 Å². The van der Waals surface area contributed by atoms with Gasteiger partial charge in [0.05, 0.1) is 12.2 Å². The number of carbonyl (C=O) groups excluding carboxylic acids is 1. The van der Waals surface area contributed by atoms with Crippen LogP contribution in [0.4, 0.5) is 5.69 Å². The zero-order valence-corrected chi connectivity index (χ0v) is 9.37. The van der Waals surface area contributed by atoms with Crippen LogP contribution in [0.1, 0.15) is 17.3 Å². The summed E-state index contributed by atoms with van der Waals surface area (Å²) in [5, 5.41) is 0. The van der Waals surface area contributed by atoms with Gasteiger partial charge in [0.1, 0.15) is 0 Å². The van der Waals surface area contributed by atoms with Gasteiger partial charge in [0.15, 0.2) is 0 Å². The van der Waals surface area contributed by atoms with Crippen LogP contribution < -0.4 is 5.73 Å². The Labute approximate surface area is 90.4 Å². The van der Waals surface area contributed by atoms with Crippen molar-refractivity contribution in [2.75, 3.05) is 12.3 Å². The summed E-state index contributed by atoms with van der Waals surface area (Å²) in [6, 6.07) is 5.32. The highest BCUT2D eigenvalue weighted by molar-refractivity contribution is 14.1. The molecule has 0 aliphatic heterocycles. The zero-order valence-electron chi connectivity index (χ0n) is 7.21. The van der Waals surface area contributed by atoms with E-state index in [1.807, 2.05) is 6.07 Å². The fourth-order valence-corrected chi connectivity index (χ4v) is 1.70. The normalized spacial score (nSPS) is 9.69. The molecule has 1 aromatic rings. The maximum absolute atomic E-state index is 11.4. The highest BCUT2D eigenvalue weighted by Gasteiger charge is 2.13. The van der Waals surface area contributed by atoms with E-state index in [4.69, 9.17) is 10.5 Å². The van der Waals surface area contributed by atoms with Crippen LogP contribution in [0.15, 0.2) is 18.2 Å². The van der Waals surface area contributed by atoms with Crippen molar-refractivity contribution in [3.8, 4) is 0 Å². The van der Waals surface area contributed by atoms with Gasteiger partial charge >= 0.3 is 5.97 Å². The Morgan fingerprint density at radius 3 is 2.85 bits per heavy atom. The molecule has 1 aromatic carbocycles. The van der Waals surface area contributed by atoms with E-state index >= 15 is 0 Å². The molecule has 0 aromatic heterocycles. The number of esters is 1. The number of rotatable bonds is 2. The molecule has 0 saturated carbocycles. The number of anilines is 1. The maximum Gasteiger partial charge on any atom is 0.341 e. The van der Waals surface area contributed by atoms with E-state index in [9.17, 15) is 4.79 Å². The third-order valence-corrected chi connectivity index (χ3v) is 2.42. The highest BCUT2D eigenvalue weighted by atomic mass is 127. The first-order valence-corrected chi connectivity index (χ1v) is 4.95. The number of benzene rings is 1. The molecule has 0 unspecified atom stereocenters. The smallest absolute Gasteiger partial charge is 0.341 e. The molecule has 0 atom stereocenters. The fraction of sp³-hybridized carbons (Fsp3) is 0.222. The van der Waals surface area contributed by atoms with Gasteiger partial charge in [-0.15, -0.1) is 0 Å². The van der Waals surface area contributed by atoms with Crippen molar-refractivity contribution >= 4 is 34.2 Å². The second-order valence-corrected chi connectivity index (χ2v) is 3.59. The van der Waals surface area contributed by atoms with Gasteiger partial charge in [-0.05, 0) is 41.6 Å². The summed E-state index contributed by atoms with van der Waals surface area (Å²) >= 11 is 2.06. The molecular weight excluding hydrogens is 281 g/mol. The van der Waals surface area contributed by atoms with E-state index in [1.165, 1.54) is 0 Å². The minimum atomic E-state index is -0.356. The predicted octanol–water partition coefficient (Wildman–Crippen LogP) is 2.05. The lowest BCUT2D eigenvalue weighted by Gasteiger charge is -2.06. The van der Waals surface area contributed by atoms with Crippen molar-refractivity contribution < 1.29 is 9.53 Å². The first-order valence-electron chi connectivity index (χ1n) is 3.88. The monoisotopic (exact) mass is 291 g/mol. The van der Waals surface area contributed by atoms with Gasteiger partial charge in [-0.1, -0.05) is 6.07 Å². The number of nitrogens with two attached hydrogens (primary N) is 1. The van der Waals surface area contributed by atoms with Crippen LogP contribution in [0, 0.1) is 3.57 Å². The van der Waals surface area contributed by atoms with Crippen LogP contribution >= 0.6 is 22.6 Å². The number of nitrogen functional groups attached to an aromatic ring is 1. The molecule has 70 valence electrons. The minimum Gasteiger partial charge on any atom is -0.462 e. The fourth-order valence-electron chi connectivity index (χ4n) is 0.959. The first-order chi connectivity index (χ1) is 6.16. The van der Waals surface area contributed by atoms with Gasteiger partial charge < -0.3 is 10.5 Å². The van der Waals surface area contributed by atoms with Gasteiger partial charge in [0, 0.05) is 9.26 Å². The first kappa shape index (κ1) is 10.3. The molecule has 0 bridgehead atoms. The molecule has 0 spiro atoms. The second-order valence-electron chi connectivity index (χ2n) is 2.42. The molecule has 0 aliphatic carbocycles. The van der Waals surface area contributed by atoms with Crippen molar-refractivity contribution in [1.29, 1.82) is 0 Å². The molecule has 0 saturated heterocycles. The molecule has 0 amide bonds. The van der Waals surface area contributed by atoms with E-state index in [0.717, 1.165) is 3.57 Å². The Kier molecular flexibility index (Phi) is 3.53. The number of ether oxygens (including phenoxy) is 1. The number of hydrogen-bond donors (Lipinski definition) is 1. The van der Waals surface area contributed by atoms with Crippen molar-refractivity contribution in [2.24, 2.45) is 0 Å². The molecule has 1 rings (SSSR count). The van der Waals surface area contributed by atoms with Crippen molar-refractivity contribution in [3.05, 3.63) is 27.3 Å². The minimum absolute atomic E-state index is 0.356. The summed E-state index contributed by atoms with van der Waals surface area (Å²) in [5.74, 6) is -0.356. The molecule has 3 nitrogen and oxygen atoms in total. The molecular formula is C9H10INO2. The summed E-state index contributed by atoms with van der Waals surface area (Å²) in [4.78, 5) is 11.4. The van der Waals surface area contributed by atoms with Crippen LogP contribution in [0.3, 0.4) is 0 Å². The Bertz CT molecular complexity index is 305. The lowest BCUT2D eigenvalue weighted by molar-refractivity contribution is 0.0526. The zero-order chi connectivity index (χ0) is 9.84. The Morgan fingerprint density at radius 2 is 2.31 bits per heavy atom. The standard InChI is InChI=1S/C9H10INO2/c1-2-13-9(12)8-6(10)4-3-5-7(8)11/h3-5H,2,11H2,1H3. The van der Waals surface area contributed by atoms with Gasteiger partial charge in [0.2, 0.25) is 0 Å². The van der Waals surface area contributed by atoms with Gasteiger partial charge in [0.25, 0.3) is 0 Å². The summed E-state index contributed by atoms with van der Waals surface area (Å²) in [5.41, 5.74) is 6.57. The van der Waals surface area contributed by atoms with E-state index in [0.29, 0.717) is 17.9 Å². The van der Waals surface area contributed by atoms with Crippen LogP contribution in [0.25, 0.3) is 0 Å². The van der Waals surface area contributed by atoms with Crippen molar-refractivity contribution in [3.63, 3.8) is 0 Å². The second kappa shape index (κ2) is 4.45. The lowest BCUT2D eigenvalue weighted by Crippen LogP contribution is -2.09. The molecule has 0 heterocycles. The molecule has 0 fully saturated rings. The molecule has 13 heavy (non-hydrogen) atoms. The summed E-state index contributed by atoms with van der Waals surface area (Å²) in [6.07, 6.45) is 0. The van der Waals surface area contributed by atoms with Gasteiger partial charge in [-0.25, -0.2) is 4.79 Å². The van der Waals surface area contributed by atoms with E-state index in [1.54, 1.807) is 19.1 Å². The maximum atomic E-state index is 11.4. The van der Waals surface area contributed by atoms with E-state index < -0.39 is 0 Å². The Morgan fingerprint density at radius 1 is 1.62 bits per heavy atom. The van der Waals surface area contributed by atoms with Crippen molar-refractivity contribution in [2.45, 2.75) is 6.92 Å². The summed E-state index contributed by atoms with van der Waals surface area (Å²) in [6.45, 7) is 2.13. The number of hydrogen-bond acceptors (Lipinski definition) is 3. The Hall–Kier alpha value is -0.780. The molecule has 4 heteroatoms. The van der Waals surface area contributed by atoms with Crippen molar-refractivity contribution in [1.82, 2.24) is 0 Å². The summed E-state index contributed by atoms with van der Waals surface area (Å²) in [7, 11) is 0. The highest BCUT2D eigenvalue weighted by Crippen LogP contribution is 2.19. The number of halogens is 1. The quantitative estimate of drug-likeness (QED) is 0.515. The molecule has 2 N–H and O–H groups in total. The molecule has 0 radical (unpaired) electrons. The third kappa shape index (κ3) is 2.33. The van der Waals surface area contributed by atoms with Crippen LogP contribution in [-0.2, 0) is 4.74 Å². The molecule has 0 aliphatic rings. The van der Waals surface area contributed by atoms with E-state index in [-0.39, 0.29) is 5.97 Å². The van der Waals surface area contributed by atoms with Gasteiger partial charge in [-0.2, -0.15) is 0 Å². The van der Waals surface area contributed by atoms with Crippen LogP contribution in [0.2, 0.25) is 0 Å². The summed E-state index contributed by atoms with van der Waals surface area (Å²) < 4.78 is 5.68. The third-order valence-electron chi connectivity index (χ3n) is 1.53. The average molecular weight is 291 g/mol. The van der Waals surface area contributed by atoms with Gasteiger partial charge in [-0.3, -0.25) is 0 Å². The largest absolute Gasteiger partial charge is 0.462 e. The topological polar surface area (TPSA) is 52.3 Å². The number of carbonyl (C=O) groups is 1. The predicted molar refractivity (Wildman–Crippen MR) is 59.5 cm³/mol. The lowest BCUT2D eigenvalue weighted by atomic mass is 10.2. The average Bonchev–Trinajstić information content (AvgIpc) is 2.04. The van der Waals surface area contributed by atoms with Crippen LogP contribution in [-0.4, -0.2) is 12.6 Å². The Balaban J connectivity index is 3.05.